The average molecular weight is 301 g/mol. The second kappa shape index (κ2) is 6.53. The largest absolute Gasteiger partial charge is 0.399 e. The standard InChI is InChI=1S/C13H23N3O3S/c1-13(17,10-16(2)3)9-15-20(18,19)8-11-4-6-12(14)7-5-11/h4-7,15,17H,8-10,14H2,1-3H3. The van der Waals surface area contributed by atoms with Crippen LogP contribution >= 0.6 is 0 Å². The molecule has 0 spiro atoms. The van der Waals surface area contributed by atoms with Crippen LogP contribution in [0.15, 0.2) is 24.3 Å². The molecule has 0 saturated heterocycles. The van der Waals surface area contributed by atoms with Crippen LogP contribution in [0.3, 0.4) is 0 Å². The van der Waals surface area contributed by atoms with Gasteiger partial charge < -0.3 is 15.7 Å². The fraction of sp³-hybridized carbons (Fsp3) is 0.538. The van der Waals surface area contributed by atoms with Gasteiger partial charge in [0.15, 0.2) is 0 Å². The predicted octanol–water partition coefficient (Wildman–Crippen LogP) is 0.000800. The van der Waals surface area contributed by atoms with Crippen LogP contribution in [-0.4, -0.2) is 51.2 Å². The molecule has 4 N–H and O–H groups in total. The molecule has 0 bridgehead atoms. The zero-order chi connectivity index (χ0) is 15.4. The highest BCUT2D eigenvalue weighted by Gasteiger charge is 2.24. The van der Waals surface area contributed by atoms with E-state index in [-0.39, 0.29) is 12.3 Å². The molecule has 0 aliphatic heterocycles. The third kappa shape index (κ3) is 6.33. The number of hydrogen-bond acceptors (Lipinski definition) is 5. The van der Waals surface area contributed by atoms with Crippen molar-refractivity contribution in [2.45, 2.75) is 18.3 Å². The lowest BCUT2D eigenvalue weighted by Gasteiger charge is -2.27. The molecule has 0 aromatic heterocycles. The molecule has 1 aromatic rings. The maximum absolute atomic E-state index is 12.0. The third-order valence-corrected chi connectivity index (χ3v) is 3.96. The maximum Gasteiger partial charge on any atom is 0.215 e. The molecule has 1 unspecified atom stereocenters. The van der Waals surface area contributed by atoms with Crippen molar-refractivity contribution >= 4 is 15.7 Å². The summed E-state index contributed by atoms with van der Waals surface area (Å²) < 4.78 is 26.3. The van der Waals surface area contributed by atoms with Crippen molar-refractivity contribution in [2.75, 3.05) is 32.9 Å². The van der Waals surface area contributed by atoms with Gasteiger partial charge in [-0.2, -0.15) is 0 Å². The molecule has 0 amide bonds. The summed E-state index contributed by atoms with van der Waals surface area (Å²) in [7, 11) is 0.148. The van der Waals surface area contributed by atoms with Gasteiger partial charge in [0.05, 0.1) is 11.4 Å². The van der Waals surface area contributed by atoms with E-state index in [1.807, 2.05) is 14.1 Å². The van der Waals surface area contributed by atoms with Crippen molar-refractivity contribution in [3.8, 4) is 0 Å². The smallest absolute Gasteiger partial charge is 0.215 e. The van der Waals surface area contributed by atoms with Crippen LogP contribution in [0.25, 0.3) is 0 Å². The quantitative estimate of drug-likeness (QED) is 0.616. The Balaban J connectivity index is 2.60. The number of nitrogens with one attached hydrogen (secondary N) is 1. The molecule has 1 rings (SSSR count). The lowest BCUT2D eigenvalue weighted by molar-refractivity contribution is 0.0386. The van der Waals surface area contributed by atoms with Crippen molar-refractivity contribution in [3.63, 3.8) is 0 Å². The number of benzene rings is 1. The Kier molecular flexibility index (Phi) is 5.52. The highest BCUT2D eigenvalue weighted by atomic mass is 32.2. The minimum Gasteiger partial charge on any atom is -0.399 e. The monoisotopic (exact) mass is 301 g/mol. The molecular weight excluding hydrogens is 278 g/mol. The first kappa shape index (κ1) is 16.9. The molecule has 6 nitrogen and oxygen atoms in total. The van der Waals surface area contributed by atoms with Crippen molar-refractivity contribution in [1.29, 1.82) is 0 Å². The maximum atomic E-state index is 12.0. The number of aliphatic hydroxyl groups is 1. The fourth-order valence-corrected chi connectivity index (χ4v) is 3.15. The molecular formula is C13H23N3O3S. The van der Waals surface area contributed by atoms with E-state index in [9.17, 15) is 13.5 Å². The molecule has 0 fully saturated rings. The molecule has 114 valence electrons. The predicted molar refractivity (Wildman–Crippen MR) is 80.7 cm³/mol. The highest BCUT2D eigenvalue weighted by molar-refractivity contribution is 7.88. The van der Waals surface area contributed by atoms with Crippen LogP contribution in [0.1, 0.15) is 12.5 Å². The lowest BCUT2D eigenvalue weighted by atomic mass is 10.1. The summed E-state index contributed by atoms with van der Waals surface area (Å²) in [4.78, 5) is 1.80. The summed E-state index contributed by atoms with van der Waals surface area (Å²) in [5.41, 5.74) is 5.68. The summed E-state index contributed by atoms with van der Waals surface area (Å²) in [6, 6.07) is 6.67. The second-order valence-corrected chi connectivity index (χ2v) is 7.36. The molecule has 0 aliphatic rings. The number of nitrogens with two attached hydrogens (primary N) is 1. The van der Waals surface area contributed by atoms with Gasteiger partial charge in [0.1, 0.15) is 0 Å². The van der Waals surface area contributed by atoms with Crippen molar-refractivity contribution in [1.82, 2.24) is 9.62 Å². The molecule has 0 radical (unpaired) electrons. The van der Waals surface area contributed by atoms with Crippen LogP contribution in [0.4, 0.5) is 5.69 Å². The highest BCUT2D eigenvalue weighted by Crippen LogP contribution is 2.10. The average Bonchev–Trinajstić information content (AvgIpc) is 2.28. The number of hydrogen-bond donors (Lipinski definition) is 3. The van der Waals surface area contributed by atoms with Gasteiger partial charge in [0, 0.05) is 18.8 Å². The SMILES string of the molecule is CN(C)CC(C)(O)CNS(=O)(=O)Cc1ccc(N)cc1. The minimum absolute atomic E-state index is 0.0253. The van der Waals surface area contributed by atoms with E-state index in [1.54, 1.807) is 36.1 Å². The zero-order valence-corrected chi connectivity index (χ0v) is 12.9. The van der Waals surface area contributed by atoms with Gasteiger partial charge in [-0.05, 0) is 38.7 Å². The van der Waals surface area contributed by atoms with Crippen molar-refractivity contribution in [2.24, 2.45) is 0 Å². The topological polar surface area (TPSA) is 95.7 Å². The number of nitrogens with zero attached hydrogens (tertiary/aromatic N) is 1. The van der Waals surface area contributed by atoms with Crippen LogP contribution in [-0.2, 0) is 15.8 Å². The number of rotatable bonds is 7. The Hall–Kier alpha value is -1.15. The number of anilines is 1. The number of likely N-dealkylation sites (N-methyl/N-ethyl adjacent to an activating group) is 1. The van der Waals surface area contributed by atoms with Crippen molar-refractivity contribution in [3.05, 3.63) is 29.8 Å². The minimum atomic E-state index is -3.49. The summed E-state index contributed by atoms with van der Waals surface area (Å²) in [5, 5.41) is 10.1. The molecule has 1 aromatic carbocycles. The van der Waals surface area contributed by atoms with E-state index in [0.717, 1.165) is 0 Å². The van der Waals surface area contributed by atoms with Crippen LogP contribution in [0, 0.1) is 0 Å². The molecule has 7 heteroatoms. The summed E-state index contributed by atoms with van der Waals surface area (Å²) >= 11 is 0. The van der Waals surface area contributed by atoms with E-state index in [1.165, 1.54) is 0 Å². The Bertz CT molecular complexity index is 524. The summed E-state index contributed by atoms with van der Waals surface area (Å²) in [5.74, 6) is -0.134. The zero-order valence-electron chi connectivity index (χ0n) is 12.1. The van der Waals surface area contributed by atoms with Crippen molar-refractivity contribution < 1.29 is 13.5 Å². The summed E-state index contributed by atoms with van der Waals surface area (Å²) in [6.07, 6.45) is 0. The van der Waals surface area contributed by atoms with Gasteiger partial charge in [0.2, 0.25) is 10.0 Å². The van der Waals surface area contributed by atoms with E-state index < -0.39 is 15.6 Å². The van der Waals surface area contributed by atoms with E-state index in [2.05, 4.69) is 4.72 Å². The molecule has 0 heterocycles. The van der Waals surface area contributed by atoms with Gasteiger partial charge in [-0.15, -0.1) is 0 Å². The van der Waals surface area contributed by atoms with Gasteiger partial charge in [-0.25, -0.2) is 13.1 Å². The fourth-order valence-electron chi connectivity index (χ4n) is 1.89. The third-order valence-electron chi connectivity index (χ3n) is 2.67. The molecule has 0 aliphatic carbocycles. The van der Waals surface area contributed by atoms with Crippen LogP contribution in [0.2, 0.25) is 0 Å². The normalized spacial score (nSPS) is 15.2. The first-order chi connectivity index (χ1) is 9.10. The molecule has 0 saturated carbocycles. The first-order valence-corrected chi connectivity index (χ1v) is 7.94. The Morgan fingerprint density at radius 2 is 1.85 bits per heavy atom. The lowest BCUT2D eigenvalue weighted by Crippen LogP contribution is -2.47. The molecule has 20 heavy (non-hydrogen) atoms. The Morgan fingerprint density at radius 1 is 1.30 bits per heavy atom. The number of nitrogen functional groups attached to an aromatic ring is 1. The van der Waals surface area contributed by atoms with E-state index >= 15 is 0 Å². The van der Waals surface area contributed by atoms with Gasteiger partial charge in [-0.3, -0.25) is 0 Å². The van der Waals surface area contributed by atoms with Gasteiger partial charge in [0.25, 0.3) is 0 Å². The Labute approximate surface area is 120 Å². The molecule has 1 atom stereocenters. The summed E-state index contributed by atoms with van der Waals surface area (Å²) in [6.45, 7) is 1.94. The Morgan fingerprint density at radius 3 is 2.35 bits per heavy atom. The number of sulfonamides is 1. The van der Waals surface area contributed by atoms with E-state index in [0.29, 0.717) is 17.8 Å². The van der Waals surface area contributed by atoms with Crippen LogP contribution < -0.4 is 10.5 Å². The van der Waals surface area contributed by atoms with Gasteiger partial charge in [-0.1, -0.05) is 12.1 Å². The second-order valence-electron chi connectivity index (χ2n) is 5.56. The van der Waals surface area contributed by atoms with Gasteiger partial charge >= 0.3 is 0 Å². The first-order valence-electron chi connectivity index (χ1n) is 6.28. The van der Waals surface area contributed by atoms with E-state index in [4.69, 9.17) is 5.73 Å². The van der Waals surface area contributed by atoms with Crippen LogP contribution in [0.5, 0.6) is 0 Å².